The highest BCUT2D eigenvalue weighted by Gasteiger charge is 2.31. The van der Waals surface area contributed by atoms with Crippen molar-refractivity contribution < 1.29 is 9.53 Å². The maximum Gasteiger partial charge on any atom is 0.226 e. The molecule has 0 unspecified atom stereocenters. The Kier molecular flexibility index (Phi) is 4.32. The molecule has 0 bridgehead atoms. The van der Waals surface area contributed by atoms with Gasteiger partial charge in [-0.25, -0.2) is 0 Å². The number of nitrogens with two attached hydrogens (primary N) is 1. The van der Waals surface area contributed by atoms with E-state index in [4.69, 9.17) is 10.5 Å². The van der Waals surface area contributed by atoms with Gasteiger partial charge in [-0.15, -0.1) is 0 Å². The summed E-state index contributed by atoms with van der Waals surface area (Å²) in [5.41, 5.74) is 6.39. The van der Waals surface area contributed by atoms with Gasteiger partial charge < -0.3 is 15.4 Å². The Labute approximate surface area is 126 Å². The maximum atomic E-state index is 12.3. The van der Waals surface area contributed by atoms with Crippen LogP contribution in [0, 0.1) is 11.8 Å². The number of hydrogen-bond donors (Lipinski definition) is 1. The fourth-order valence-electron chi connectivity index (χ4n) is 2.52. The number of amides is 1. The molecule has 4 nitrogen and oxygen atoms in total. The smallest absolute Gasteiger partial charge is 0.226 e. The largest absolute Gasteiger partial charge is 0.493 e. The quantitative estimate of drug-likeness (QED) is 0.748. The van der Waals surface area contributed by atoms with E-state index in [-0.39, 0.29) is 5.91 Å². The molecule has 3 rings (SSSR count). The van der Waals surface area contributed by atoms with E-state index in [1.807, 2.05) is 18.2 Å². The number of nitrogens with zero attached hydrogens (tertiary/aromatic N) is 1. The van der Waals surface area contributed by atoms with Crippen molar-refractivity contribution in [3.05, 3.63) is 24.3 Å². The Morgan fingerprint density at radius 2 is 1.86 bits per heavy atom. The third-order valence-electron chi connectivity index (χ3n) is 4.15. The highest BCUT2D eigenvalue weighted by Crippen LogP contribution is 2.33. The molecule has 0 atom stereocenters. The summed E-state index contributed by atoms with van der Waals surface area (Å²) < 4.78 is 5.62. The molecule has 0 aliphatic heterocycles. The Balaban J connectivity index is 1.44. The average Bonchev–Trinajstić information content (AvgIpc) is 3.33. The van der Waals surface area contributed by atoms with Gasteiger partial charge in [0.05, 0.1) is 13.0 Å². The second-order valence-electron chi connectivity index (χ2n) is 6.36. The molecule has 2 fully saturated rings. The van der Waals surface area contributed by atoms with Gasteiger partial charge >= 0.3 is 0 Å². The van der Waals surface area contributed by atoms with Crippen molar-refractivity contribution >= 4 is 11.6 Å². The zero-order valence-electron chi connectivity index (χ0n) is 12.5. The number of ether oxygens (including phenoxy) is 1. The predicted molar refractivity (Wildman–Crippen MR) is 83.0 cm³/mol. The first-order valence-electron chi connectivity index (χ1n) is 7.97. The highest BCUT2D eigenvalue weighted by molar-refractivity contribution is 5.76. The highest BCUT2D eigenvalue weighted by atomic mass is 16.5. The molecule has 0 spiro atoms. The third-order valence-corrected chi connectivity index (χ3v) is 4.15. The van der Waals surface area contributed by atoms with Crippen LogP contribution >= 0.6 is 0 Å². The summed E-state index contributed by atoms with van der Waals surface area (Å²) in [4.78, 5) is 14.4. The van der Waals surface area contributed by atoms with Gasteiger partial charge in [-0.1, -0.05) is 6.07 Å². The van der Waals surface area contributed by atoms with Gasteiger partial charge in [-0.3, -0.25) is 4.79 Å². The summed E-state index contributed by atoms with van der Waals surface area (Å²) in [5, 5.41) is 0. The van der Waals surface area contributed by atoms with E-state index in [0.29, 0.717) is 18.7 Å². The Morgan fingerprint density at radius 3 is 2.43 bits per heavy atom. The molecule has 1 aromatic rings. The first-order valence-corrected chi connectivity index (χ1v) is 7.97. The zero-order chi connectivity index (χ0) is 14.7. The van der Waals surface area contributed by atoms with Crippen LogP contribution in [0.25, 0.3) is 0 Å². The minimum atomic E-state index is 0.234. The van der Waals surface area contributed by atoms with E-state index < -0.39 is 0 Å². The van der Waals surface area contributed by atoms with E-state index in [1.54, 1.807) is 6.07 Å². The summed E-state index contributed by atoms with van der Waals surface area (Å²) >= 11 is 0. The molecule has 1 aromatic carbocycles. The molecular formula is C17H24N2O2. The molecular weight excluding hydrogens is 264 g/mol. The van der Waals surface area contributed by atoms with Crippen molar-refractivity contribution in [1.82, 2.24) is 4.90 Å². The van der Waals surface area contributed by atoms with Crippen LogP contribution < -0.4 is 10.5 Å². The first kappa shape index (κ1) is 14.2. The monoisotopic (exact) mass is 288 g/mol. The van der Waals surface area contributed by atoms with E-state index in [2.05, 4.69) is 4.90 Å². The Morgan fingerprint density at radius 1 is 1.19 bits per heavy atom. The molecule has 2 aliphatic rings. The van der Waals surface area contributed by atoms with E-state index >= 15 is 0 Å². The molecule has 0 heterocycles. The summed E-state index contributed by atoms with van der Waals surface area (Å²) in [6.45, 7) is 2.33. The van der Waals surface area contributed by atoms with E-state index in [0.717, 1.165) is 30.7 Å². The molecule has 2 aliphatic carbocycles. The number of carbonyl (C=O) groups excluding carboxylic acids is 1. The lowest BCUT2D eigenvalue weighted by atomic mass is 10.2. The molecule has 0 radical (unpaired) electrons. The molecule has 21 heavy (non-hydrogen) atoms. The van der Waals surface area contributed by atoms with Crippen LogP contribution in [0.1, 0.15) is 32.1 Å². The molecule has 0 saturated heterocycles. The van der Waals surface area contributed by atoms with Crippen molar-refractivity contribution in [3.8, 4) is 5.75 Å². The summed E-state index contributed by atoms with van der Waals surface area (Å²) in [6.07, 6.45) is 5.60. The van der Waals surface area contributed by atoms with Crippen molar-refractivity contribution in [3.63, 3.8) is 0 Å². The van der Waals surface area contributed by atoms with Crippen LogP contribution in [-0.4, -0.2) is 30.5 Å². The molecule has 2 saturated carbocycles. The average molecular weight is 288 g/mol. The van der Waals surface area contributed by atoms with Gasteiger partial charge in [0.25, 0.3) is 0 Å². The van der Waals surface area contributed by atoms with Crippen molar-refractivity contribution in [2.75, 3.05) is 25.4 Å². The van der Waals surface area contributed by atoms with Crippen LogP contribution in [0.3, 0.4) is 0 Å². The zero-order valence-corrected chi connectivity index (χ0v) is 12.5. The predicted octanol–water partition coefficient (Wildman–Crippen LogP) is 2.69. The van der Waals surface area contributed by atoms with Crippen molar-refractivity contribution in [2.24, 2.45) is 11.8 Å². The van der Waals surface area contributed by atoms with Gasteiger partial charge in [-0.05, 0) is 49.7 Å². The molecule has 4 heteroatoms. The normalized spacial score (nSPS) is 17.5. The lowest BCUT2D eigenvalue weighted by Gasteiger charge is -2.22. The fraction of sp³-hybridized carbons (Fsp3) is 0.588. The summed E-state index contributed by atoms with van der Waals surface area (Å²) in [7, 11) is 0. The van der Waals surface area contributed by atoms with E-state index in [9.17, 15) is 4.79 Å². The Hall–Kier alpha value is -1.71. The number of hydrogen-bond acceptors (Lipinski definition) is 3. The van der Waals surface area contributed by atoms with Gasteiger partial charge in [0.2, 0.25) is 5.91 Å². The number of nitrogen functional groups attached to an aromatic ring is 1. The van der Waals surface area contributed by atoms with Crippen molar-refractivity contribution in [1.29, 1.82) is 0 Å². The van der Waals surface area contributed by atoms with Gasteiger partial charge in [0.1, 0.15) is 5.75 Å². The van der Waals surface area contributed by atoms with Crippen LogP contribution in [-0.2, 0) is 4.79 Å². The minimum Gasteiger partial charge on any atom is -0.493 e. The Bertz CT molecular complexity index is 481. The van der Waals surface area contributed by atoms with Gasteiger partial charge in [-0.2, -0.15) is 0 Å². The lowest BCUT2D eigenvalue weighted by molar-refractivity contribution is -0.132. The first-order chi connectivity index (χ1) is 10.2. The summed E-state index contributed by atoms with van der Waals surface area (Å²) in [6, 6.07) is 7.34. The second kappa shape index (κ2) is 6.37. The minimum absolute atomic E-state index is 0.234. The van der Waals surface area contributed by atoms with Crippen LogP contribution in [0.4, 0.5) is 5.69 Å². The number of rotatable bonds is 8. The number of carbonyl (C=O) groups is 1. The third kappa shape index (κ3) is 4.66. The lowest BCUT2D eigenvalue weighted by Crippen LogP contribution is -2.35. The number of anilines is 1. The standard InChI is InChI=1S/C17H24N2O2/c18-15-2-1-3-16(10-15)21-9-8-17(20)19(11-13-4-5-13)12-14-6-7-14/h1-3,10,13-14H,4-9,11-12,18H2. The SMILES string of the molecule is Nc1cccc(OCCC(=O)N(CC2CC2)CC2CC2)c1. The molecule has 114 valence electrons. The second-order valence-corrected chi connectivity index (χ2v) is 6.36. The topological polar surface area (TPSA) is 55.6 Å². The molecule has 2 N–H and O–H groups in total. The number of benzene rings is 1. The fourth-order valence-corrected chi connectivity index (χ4v) is 2.52. The maximum absolute atomic E-state index is 12.3. The molecule has 1 amide bonds. The van der Waals surface area contributed by atoms with Crippen molar-refractivity contribution in [2.45, 2.75) is 32.1 Å². The summed E-state index contributed by atoms with van der Waals surface area (Å²) in [5.74, 6) is 2.47. The van der Waals surface area contributed by atoms with Gasteiger partial charge in [0.15, 0.2) is 0 Å². The van der Waals surface area contributed by atoms with E-state index in [1.165, 1.54) is 25.7 Å². The molecule has 0 aromatic heterocycles. The van der Waals surface area contributed by atoms with Crippen LogP contribution in [0.2, 0.25) is 0 Å². The van der Waals surface area contributed by atoms with Crippen LogP contribution in [0.5, 0.6) is 5.75 Å². The van der Waals surface area contributed by atoms with Gasteiger partial charge in [0, 0.05) is 24.8 Å². The van der Waals surface area contributed by atoms with Crippen LogP contribution in [0.15, 0.2) is 24.3 Å².